The van der Waals surface area contributed by atoms with Crippen molar-refractivity contribution in [2.45, 2.75) is 92.1 Å². The van der Waals surface area contributed by atoms with E-state index in [0.29, 0.717) is 24.4 Å². The Morgan fingerprint density at radius 1 is 1.11 bits per heavy atom. The van der Waals surface area contributed by atoms with Crippen LogP contribution in [0.25, 0.3) is 0 Å². The molecule has 3 saturated carbocycles. The molecule has 158 valence electrons. The monoisotopic (exact) mass is 388 g/mol. The molecule has 4 rings (SSSR count). The van der Waals surface area contributed by atoms with Gasteiger partial charge in [-0.15, -0.1) is 0 Å². The number of aliphatic hydroxyl groups is 1. The van der Waals surface area contributed by atoms with Crippen molar-refractivity contribution < 1.29 is 14.6 Å². The first-order valence-electron chi connectivity index (χ1n) is 11.7. The van der Waals surface area contributed by atoms with Gasteiger partial charge in [0.1, 0.15) is 0 Å². The molecule has 0 bridgehead atoms. The van der Waals surface area contributed by atoms with E-state index in [1.54, 1.807) is 0 Å². The lowest BCUT2D eigenvalue weighted by Gasteiger charge is -2.61. The fraction of sp³-hybridized carbons (Fsp3) is 0.880. The van der Waals surface area contributed by atoms with Crippen LogP contribution >= 0.6 is 0 Å². The highest BCUT2D eigenvalue weighted by Crippen LogP contribution is 2.68. The summed E-state index contributed by atoms with van der Waals surface area (Å²) in [4.78, 5) is 12.2. The first-order chi connectivity index (χ1) is 13.1. The molecule has 0 heterocycles. The Hall–Kier alpha value is -0.830. The van der Waals surface area contributed by atoms with Crippen LogP contribution in [0.4, 0.5) is 0 Å². The van der Waals surface area contributed by atoms with Crippen molar-refractivity contribution in [2.75, 3.05) is 6.61 Å². The predicted octanol–water partition coefficient (Wildman–Crippen LogP) is 5.52. The second-order valence-electron chi connectivity index (χ2n) is 11.3. The highest BCUT2D eigenvalue weighted by molar-refractivity contribution is 5.69. The molecule has 0 spiro atoms. The summed E-state index contributed by atoms with van der Waals surface area (Å²) >= 11 is 0. The first kappa shape index (κ1) is 20.4. The summed E-state index contributed by atoms with van der Waals surface area (Å²) in [6.45, 7) is 11.9. The van der Waals surface area contributed by atoms with Gasteiger partial charge in [-0.3, -0.25) is 4.79 Å². The maximum Gasteiger partial charge on any atom is 0.306 e. The van der Waals surface area contributed by atoms with E-state index in [1.807, 2.05) is 6.92 Å². The lowest BCUT2D eigenvalue weighted by Crippen LogP contribution is -2.54. The van der Waals surface area contributed by atoms with Crippen molar-refractivity contribution in [3.8, 4) is 0 Å². The molecule has 0 amide bonds. The zero-order valence-electron chi connectivity index (χ0n) is 18.6. The molecule has 0 aromatic heterocycles. The molecule has 4 aliphatic carbocycles. The van der Waals surface area contributed by atoms with Gasteiger partial charge in [0.2, 0.25) is 0 Å². The van der Waals surface area contributed by atoms with Gasteiger partial charge >= 0.3 is 5.97 Å². The van der Waals surface area contributed by atoms with Crippen molar-refractivity contribution in [1.82, 2.24) is 0 Å². The van der Waals surface area contributed by atoms with Gasteiger partial charge in [0, 0.05) is 11.8 Å². The van der Waals surface area contributed by atoms with E-state index < -0.39 is 0 Å². The molecule has 3 fully saturated rings. The quantitative estimate of drug-likeness (QED) is 0.512. The third kappa shape index (κ3) is 2.82. The molecule has 0 radical (unpaired) electrons. The maximum atomic E-state index is 12.2. The summed E-state index contributed by atoms with van der Waals surface area (Å²) in [6.07, 6.45) is 11.1. The van der Waals surface area contributed by atoms with Crippen LogP contribution in [0, 0.1) is 39.9 Å². The van der Waals surface area contributed by atoms with E-state index in [-0.39, 0.29) is 22.9 Å². The van der Waals surface area contributed by atoms with Crippen LogP contribution < -0.4 is 0 Å². The fourth-order valence-electron chi connectivity index (χ4n) is 8.26. The third-order valence-electron chi connectivity index (χ3n) is 9.84. The zero-order valence-corrected chi connectivity index (χ0v) is 18.6. The van der Waals surface area contributed by atoms with Crippen molar-refractivity contribution in [2.24, 2.45) is 39.9 Å². The van der Waals surface area contributed by atoms with E-state index in [2.05, 4.69) is 33.8 Å². The molecule has 4 aliphatic rings. The van der Waals surface area contributed by atoms with E-state index in [4.69, 9.17) is 4.74 Å². The number of ether oxygens (including phenoxy) is 1. The maximum absolute atomic E-state index is 12.2. The van der Waals surface area contributed by atoms with Crippen molar-refractivity contribution in [1.29, 1.82) is 0 Å². The Labute approximate surface area is 171 Å². The average Bonchev–Trinajstić information content (AvgIpc) is 2.95. The number of carbonyl (C=O) groups is 1. The van der Waals surface area contributed by atoms with Gasteiger partial charge in [0.25, 0.3) is 0 Å². The highest BCUT2D eigenvalue weighted by Gasteiger charge is 2.60. The topological polar surface area (TPSA) is 46.5 Å². The number of rotatable bonds is 3. The van der Waals surface area contributed by atoms with Gasteiger partial charge in [-0.2, -0.15) is 0 Å². The highest BCUT2D eigenvalue weighted by atomic mass is 16.5. The van der Waals surface area contributed by atoms with Crippen molar-refractivity contribution >= 4 is 5.97 Å². The van der Waals surface area contributed by atoms with Gasteiger partial charge < -0.3 is 9.84 Å². The molecule has 0 saturated heterocycles. The summed E-state index contributed by atoms with van der Waals surface area (Å²) in [7, 11) is 0. The smallest absolute Gasteiger partial charge is 0.306 e. The molecular formula is C25H40O3. The Balaban J connectivity index is 1.60. The summed E-state index contributed by atoms with van der Waals surface area (Å²) in [6, 6.07) is 0. The minimum Gasteiger partial charge on any atom is -0.466 e. The summed E-state index contributed by atoms with van der Waals surface area (Å²) in [5.41, 5.74) is 1.97. The lowest BCUT2D eigenvalue weighted by molar-refractivity contribution is -0.146. The predicted molar refractivity (Wildman–Crippen MR) is 112 cm³/mol. The zero-order chi connectivity index (χ0) is 20.3. The largest absolute Gasteiger partial charge is 0.466 e. The van der Waals surface area contributed by atoms with Gasteiger partial charge in [-0.1, -0.05) is 39.3 Å². The van der Waals surface area contributed by atoms with Crippen molar-refractivity contribution in [3.63, 3.8) is 0 Å². The van der Waals surface area contributed by atoms with Crippen LogP contribution in [0.3, 0.4) is 0 Å². The molecule has 28 heavy (non-hydrogen) atoms. The standard InChI is InChI=1S/C25H40O3/c1-6-28-22(27)15-16-7-9-18-17-8-10-20-23(2,3)21(26)12-14-25(20,5)19(17)11-13-24(16,18)4/h10,16-19,21,26H,6-9,11-15H2,1-5H3/t16-,17?,18?,19?,21+,24-,25-/m1/s1. The number of aliphatic hydroxyl groups excluding tert-OH is 1. The number of hydrogen-bond donors (Lipinski definition) is 1. The SMILES string of the molecule is CCOC(=O)C[C@H]1CCC2C3CC=C4C(C)(C)[C@@H](O)CC[C@]4(C)C3CC[C@@]21C. The molecule has 3 unspecified atom stereocenters. The van der Waals surface area contributed by atoms with Crippen LogP contribution in [0.1, 0.15) is 86.0 Å². The normalized spacial score (nSPS) is 46.8. The summed E-state index contributed by atoms with van der Waals surface area (Å²) < 4.78 is 5.28. The molecular weight excluding hydrogens is 348 g/mol. The van der Waals surface area contributed by atoms with Crippen LogP contribution in [0.15, 0.2) is 11.6 Å². The summed E-state index contributed by atoms with van der Waals surface area (Å²) in [5.74, 6) is 2.69. The minimum absolute atomic E-state index is 0.00250. The molecule has 3 nitrogen and oxygen atoms in total. The number of esters is 1. The Kier molecular flexibility index (Phi) is 5.01. The minimum atomic E-state index is -0.210. The number of hydrogen-bond acceptors (Lipinski definition) is 3. The molecule has 7 atom stereocenters. The van der Waals surface area contributed by atoms with Gasteiger partial charge in [-0.25, -0.2) is 0 Å². The molecule has 3 heteroatoms. The van der Waals surface area contributed by atoms with E-state index in [1.165, 1.54) is 31.3 Å². The van der Waals surface area contributed by atoms with Gasteiger partial charge in [0.15, 0.2) is 0 Å². The van der Waals surface area contributed by atoms with E-state index in [0.717, 1.165) is 37.0 Å². The molecule has 0 aromatic rings. The second kappa shape index (κ2) is 6.86. The molecule has 0 aromatic carbocycles. The molecule has 0 aliphatic heterocycles. The van der Waals surface area contributed by atoms with Crippen LogP contribution in [-0.2, 0) is 9.53 Å². The molecule has 1 N–H and O–H groups in total. The Morgan fingerprint density at radius 3 is 2.57 bits per heavy atom. The van der Waals surface area contributed by atoms with Gasteiger partial charge in [0.05, 0.1) is 12.7 Å². The van der Waals surface area contributed by atoms with Crippen LogP contribution in [0.5, 0.6) is 0 Å². The number of allylic oxidation sites excluding steroid dienone is 1. The third-order valence-corrected chi connectivity index (χ3v) is 9.84. The summed E-state index contributed by atoms with van der Waals surface area (Å²) in [5, 5.41) is 10.7. The Morgan fingerprint density at radius 2 is 1.86 bits per heavy atom. The lowest BCUT2D eigenvalue weighted by atomic mass is 9.44. The second-order valence-corrected chi connectivity index (χ2v) is 11.3. The van der Waals surface area contributed by atoms with Crippen LogP contribution in [-0.4, -0.2) is 23.8 Å². The van der Waals surface area contributed by atoms with Crippen LogP contribution in [0.2, 0.25) is 0 Å². The van der Waals surface area contributed by atoms with Crippen molar-refractivity contribution in [3.05, 3.63) is 11.6 Å². The van der Waals surface area contributed by atoms with Gasteiger partial charge in [-0.05, 0) is 86.4 Å². The fourth-order valence-corrected chi connectivity index (χ4v) is 8.26. The van der Waals surface area contributed by atoms with E-state index >= 15 is 0 Å². The first-order valence-corrected chi connectivity index (χ1v) is 11.7. The number of carbonyl (C=O) groups excluding carboxylic acids is 1. The average molecular weight is 389 g/mol. The van der Waals surface area contributed by atoms with E-state index in [9.17, 15) is 9.90 Å². The Bertz CT molecular complexity index is 665. The number of fused-ring (bicyclic) bond motifs is 5.